The Hall–Kier alpha value is -1.83. The highest BCUT2D eigenvalue weighted by molar-refractivity contribution is 5.59. The van der Waals surface area contributed by atoms with Crippen LogP contribution < -0.4 is 4.74 Å². The highest BCUT2D eigenvalue weighted by Crippen LogP contribution is 2.20. The van der Waals surface area contributed by atoms with Crippen molar-refractivity contribution < 1.29 is 4.74 Å². The molecule has 2 nitrogen and oxygen atoms in total. The Labute approximate surface area is 140 Å². The average Bonchev–Trinajstić information content (AvgIpc) is 2.60. The summed E-state index contributed by atoms with van der Waals surface area (Å²) in [5, 5.41) is 0. The van der Waals surface area contributed by atoms with E-state index in [9.17, 15) is 0 Å². The maximum Gasteiger partial charge on any atom is 0.137 e. The Morgan fingerprint density at radius 2 is 1.61 bits per heavy atom. The summed E-state index contributed by atoms with van der Waals surface area (Å²) in [4.78, 5) is 4.53. The molecule has 0 N–H and O–H groups in total. The van der Waals surface area contributed by atoms with Crippen LogP contribution in [0.1, 0.15) is 57.9 Å². The van der Waals surface area contributed by atoms with E-state index in [2.05, 4.69) is 43.1 Å². The van der Waals surface area contributed by atoms with Crippen molar-refractivity contribution in [2.75, 3.05) is 6.61 Å². The maximum absolute atomic E-state index is 5.77. The molecule has 0 unspecified atom stereocenters. The maximum atomic E-state index is 5.77. The summed E-state index contributed by atoms with van der Waals surface area (Å²) in [6.07, 6.45) is 10.5. The van der Waals surface area contributed by atoms with Crippen LogP contribution in [0, 0.1) is 0 Å². The number of unbranched alkanes of at least 4 members (excludes halogenated alkanes) is 4. The molecule has 0 aliphatic heterocycles. The molecule has 1 aromatic carbocycles. The Morgan fingerprint density at radius 1 is 0.826 bits per heavy atom. The van der Waals surface area contributed by atoms with Gasteiger partial charge in [-0.2, -0.15) is 0 Å². The van der Waals surface area contributed by atoms with Gasteiger partial charge in [-0.25, -0.2) is 0 Å². The number of hydrogen-bond acceptors (Lipinski definition) is 2. The van der Waals surface area contributed by atoms with Crippen molar-refractivity contribution in [2.24, 2.45) is 0 Å². The van der Waals surface area contributed by atoms with Crippen molar-refractivity contribution in [2.45, 2.75) is 58.8 Å². The molecule has 0 saturated heterocycles. The fraction of sp³-hybridized carbons (Fsp3) is 0.476. The number of pyridine rings is 1. The smallest absolute Gasteiger partial charge is 0.137 e. The van der Waals surface area contributed by atoms with Crippen molar-refractivity contribution in [1.29, 1.82) is 0 Å². The van der Waals surface area contributed by atoms with Crippen molar-refractivity contribution in [1.82, 2.24) is 4.98 Å². The highest BCUT2D eigenvalue weighted by Gasteiger charge is 2.01. The van der Waals surface area contributed by atoms with Crippen molar-refractivity contribution in [3.8, 4) is 17.0 Å². The zero-order chi connectivity index (χ0) is 16.3. The number of aromatic nitrogens is 1. The number of rotatable bonds is 10. The first-order valence-corrected chi connectivity index (χ1v) is 9.01. The minimum atomic E-state index is 0.788. The van der Waals surface area contributed by atoms with Gasteiger partial charge in [0.05, 0.1) is 18.5 Å². The number of ether oxygens (including phenoxy) is 1. The Bertz CT molecular complexity index is 545. The molecular formula is C21H29NO. The molecule has 0 spiro atoms. The van der Waals surface area contributed by atoms with Gasteiger partial charge in [0.1, 0.15) is 5.75 Å². The van der Waals surface area contributed by atoms with E-state index in [4.69, 9.17) is 4.74 Å². The van der Waals surface area contributed by atoms with E-state index in [1.165, 1.54) is 37.7 Å². The molecule has 23 heavy (non-hydrogen) atoms. The van der Waals surface area contributed by atoms with Gasteiger partial charge in [0.25, 0.3) is 0 Å². The fourth-order valence-electron chi connectivity index (χ4n) is 2.66. The minimum absolute atomic E-state index is 0.788. The summed E-state index contributed by atoms with van der Waals surface area (Å²) >= 11 is 0. The molecule has 0 radical (unpaired) electrons. The highest BCUT2D eigenvalue weighted by atomic mass is 16.5. The summed E-state index contributed by atoms with van der Waals surface area (Å²) in [6.45, 7) is 5.23. The third-order valence-electron chi connectivity index (χ3n) is 4.04. The topological polar surface area (TPSA) is 22.1 Å². The zero-order valence-electron chi connectivity index (χ0n) is 14.6. The quantitative estimate of drug-likeness (QED) is 0.498. The number of nitrogens with zero attached hydrogens (tertiary/aromatic N) is 1. The monoisotopic (exact) mass is 311 g/mol. The van der Waals surface area contributed by atoms with Crippen LogP contribution in [-0.4, -0.2) is 11.6 Å². The summed E-state index contributed by atoms with van der Waals surface area (Å²) in [5.41, 5.74) is 3.55. The Balaban J connectivity index is 1.81. The lowest BCUT2D eigenvalue weighted by Crippen LogP contribution is -1.98. The normalized spacial score (nSPS) is 10.7. The first-order chi connectivity index (χ1) is 11.3. The summed E-state index contributed by atoms with van der Waals surface area (Å²) in [6, 6.07) is 12.8. The first kappa shape index (κ1) is 17.5. The standard InChI is InChI=1S/C21H29NO/c1-3-5-6-7-8-16-23-20-14-15-21(22-17-20)19-12-10-18(9-4-2)11-13-19/h10-15,17H,3-9,16H2,1-2H3. The lowest BCUT2D eigenvalue weighted by atomic mass is 10.1. The van der Waals surface area contributed by atoms with Crippen LogP contribution in [0.3, 0.4) is 0 Å². The van der Waals surface area contributed by atoms with Crippen LogP contribution in [0.4, 0.5) is 0 Å². The molecule has 2 aromatic rings. The number of hydrogen-bond donors (Lipinski definition) is 0. The van der Waals surface area contributed by atoms with E-state index in [1.807, 2.05) is 18.3 Å². The van der Waals surface area contributed by atoms with Gasteiger partial charge in [-0.3, -0.25) is 4.98 Å². The Morgan fingerprint density at radius 3 is 2.26 bits per heavy atom. The summed E-state index contributed by atoms with van der Waals surface area (Å²) < 4.78 is 5.77. The van der Waals surface area contributed by atoms with Crippen LogP contribution in [0.5, 0.6) is 5.75 Å². The van der Waals surface area contributed by atoms with Crippen molar-refractivity contribution in [3.05, 3.63) is 48.2 Å². The third kappa shape index (κ3) is 6.05. The molecule has 0 fully saturated rings. The van der Waals surface area contributed by atoms with Gasteiger partial charge in [0.2, 0.25) is 0 Å². The van der Waals surface area contributed by atoms with Gasteiger partial charge in [-0.05, 0) is 30.5 Å². The zero-order valence-corrected chi connectivity index (χ0v) is 14.6. The number of aryl methyl sites for hydroxylation is 1. The molecule has 2 rings (SSSR count). The second-order valence-corrected chi connectivity index (χ2v) is 6.09. The molecular weight excluding hydrogens is 282 g/mol. The third-order valence-corrected chi connectivity index (χ3v) is 4.04. The lowest BCUT2D eigenvalue weighted by molar-refractivity contribution is 0.303. The first-order valence-electron chi connectivity index (χ1n) is 9.01. The molecule has 1 heterocycles. The van der Waals surface area contributed by atoms with E-state index in [-0.39, 0.29) is 0 Å². The molecule has 0 aliphatic rings. The SMILES string of the molecule is CCCCCCCOc1ccc(-c2ccc(CCC)cc2)nc1. The molecule has 0 bridgehead atoms. The van der Waals surface area contributed by atoms with E-state index in [0.29, 0.717) is 0 Å². The lowest BCUT2D eigenvalue weighted by Gasteiger charge is -2.07. The van der Waals surface area contributed by atoms with Gasteiger partial charge in [0, 0.05) is 5.56 Å². The van der Waals surface area contributed by atoms with Crippen LogP contribution >= 0.6 is 0 Å². The van der Waals surface area contributed by atoms with Crippen molar-refractivity contribution >= 4 is 0 Å². The molecule has 124 valence electrons. The average molecular weight is 311 g/mol. The molecule has 0 amide bonds. The van der Waals surface area contributed by atoms with Crippen LogP contribution in [0.15, 0.2) is 42.6 Å². The van der Waals surface area contributed by atoms with Crippen LogP contribution in [0.2, 0.25) is 0 Å². The van der Waals surface area contributed by atoms with Gasteiger partial charge >= 0.3 is 0 Å². The predicted octanol–water partition coefficient (Wildman–Crippen LogP) is 6.05. The van der Waals surface area contributed by atoms with E-state index in [0.717, 1.165) is 36.5 Å². The molecule has 0 atom stereocenters. The minimum Gasteiger partial charge on any atom is -0.492 e. The summed E-state index contributed by atoms with van der Waals surface area (Å²) in [7, 11) is 0. The van der Waals surface area contributed by atoms with E-state index in [1.54, 1.807) is 0 Å². The molecule has 1 aromatic heterocycles. The molecule has 2 heteroatoms. The van der Waals surface area contributed by atoms with Crippen LogP contribution in [0.25, 0.3) is 11.3 Å². The van der Waals surface area contributed by atoms with E-state index >= 15 is 0 Å². The predicted molar refractivity (Wildman–Crippen MR) is 97.9 cm³/mol. The molecule has 0 saturated carbocycles. The number of benzene rings is 1. The molecule has 0 aliphatic carbocycles. The second kappa shape index (κ2) is 10.0. The van der Waals surface area contributed by atoms with Gasteiger partial charge in [0.15, 0.2) is 0 Å². The Kier molecular flexibility index (Phi) is 7.65. The van der Waals surface area contributed by atoms with Gasteiger partial charge in [-0.15, -0.1) is 0 Å². The largest absolute Gasteiger partial charge is 0.492 e. The van der Waals surface area contributed by atoms with Crippen molar-refractivity contribution in [3.63, 3.8) is 0 Å². The fourth-order valence-corrected chi connectivity index (χ4v) is 2.66. The van der Waals surface area contributed by atoms with Gasteiger partial charge in [-0.1, -0.05) is 70.2 Å². The van der Waals surface area contributed by atoms with Crippen LogP contribution in [-0.2, 0) is 6.42 Å². The van der Waals surface area contributed by atoms with Gasteiger partial charge < -0.3 is 4.74 Å². The second-order valence-electron chi connectivity index (χ2n) is 6.09. The summed E-state index contributed by atoms with van der Waals surface area (Å²) in [5.74, 6) is 0.867. The van der Waals surface area contributed by atoms with E-state index < -0.39 is 0 Å².